The molecule has 6 nitrogen and oxygen atoms in total. The molecule has 8 heteroatoms. The van der Waals surface area contributed by atoms with Gasteiger partial charge in [-0.2, -0.15) is 0 Å². The van der Waals surface area contributed by atoms with E-state index in [9.17, 15) is 17.6 Å². The van der Waals surface area contributed by atoms with Crippen LogP contribution in [0.1, 0.15) is 22.3 Å². The predicted octanol–water partition coefficient (Wildman–Crippen LogP) is 1.75. The summed E-state index contributed by atoms with van der Waals surface area (Å²) < 4.78 is 35.9. The summed E-state index contributed by atoms with van der Waals surface area (Å²) in [6, 6.07) is 7.35. The van der Waals surface area contributed by atoms with Gasteiger partial charge in [0.15, 0.2) is 9.84 Å². The van der Waals surface area contributed by atoms with Gasteiger partial charge in [-0.3, -0.25) is 9.78 Å². The molecule has 0 bridgehead atoms. The lowest BCUT2D eigenvalue weighted by Crippen LogP contribution is -2.24. The van der Waals surface area contributed by atoms with Crippen LogP contribution in [0.15, 0.2) is 42.7 Å². The van der Waals surface area contributed by atoms with E-state index >= 15 is 0 Å². The van der Waals surface area contributed by atoms with Crippen molar-refractivity contribution in [2.24, 2.45) is 0 Å². The van der Waals surface area contributed by atoms with Crippen molar-refractivity contribution >= 4 is 21.4 Å². The maximum absolute atomic E-state index is 12.9. The number of pyridine rings is 1. The molecule has 1 atom stereocenters. The lowest BCUT2D eigenvalue weighted by molar-refractivity contribution is 0.0950. The molecular formula is C17H18FN3O3S. The highest BCUT2D eigenvalue weighted by Gasteiger charge is 2.27. The largest absolute Gasteiger partial charge is 0.380 e. The van der Waals surface area contributed by atoms with Crippen molar-refractivity contribution in [1.82, 2.24) is 10.3 Å². The Morgan fingerprint density at radius 1 is 1.24 bits per heavy atom. The molecular weight excluding hydrogens is 345 g/mol. The number of hydrogen-bond donors (Lipinski definition) is 2. The number of anilines is 1. The van der Waals surface area contributed by atoms with Crippen LogP contribution >= 0.6 is 0 Å². The zero-order valence-electron chi connectivity index (χ0n) is 13.4. The van der Waals surface area contributed by atoms with Gasteiger partial charge >= 0.3 is 0 Å². The van der Waals surface area contributed by atoms with Crippen molar-refractivity contribution in [3.8, 4) is 0 Å². The normalized spacial score (nSPS) is 18.7. The highest BCUT2D eigenvalue weighted by Crippen LogP contribution is 2.17. The number of rotatable bonds is 5. The maximum atomic E-state index is 12.9. The molecule has 1 fully saturated rings. The number of amides is 1. The van der Waals surface area contributed by atoms with E-state index in [2.05, 4.69) is 15.6 Å². The third-order valence-electron chi connectivity index (χ3n) is 3.97. The number of nitrogens with one attached hydrogen (secondary N) is 2. The Morgan fingerprint density at radius 2 is 2.00 bits per heavy atom. The molecule has 1 aromatic heterocycles. The summed E-state index contributed by atoms with van der Waals surface area (Å²) in [4.78, 5) is 16.3. The summed E-state index contributed by atoms with van der Waals surface area (Å²) in [6.45, 7) is 0.275. The second-order valence-corrected chi connectivity index (χ2v) is 8.24. The fourth-order valence-electron chi connectivity index (χ4n) is 2.67. The predicted molar refractivity (Wildman–Crippen MR) is 92.5 cm³/mol. The first-order valence-electron chi connectivity index (χ1n) is 7.86. The van der Waals surface area contributed by atoms with Gasteiger partial charge in [-0.15, -0.1) is 0 Å². The zero-order chi connectivity index (χ0) is 17.9. The molecule has 0 saturated carbocycles. The van der Waals surface area contributed by atoms with Gasteiger partial charge in [0.25, 0.3) is 5.91 Å². The molecule has 1 unspecified atom stereocenters. The fourth-order valence-corrected chi connectivity index (χ4v) is 4.35. The summed E-state index contributed by atoms with van der Waals surface area (Å²) in [5.74, 6) is -0.365. The van der Waals surface area contributed by atoms with Gasteiger partial charge in [-0.05, 0) is 30.2 Å². The minimum absolute atomic E-state index is 0.0913. The summed E-state index contributed by atoms with van der Waals surface area (Å²) in [7, 11) is -2.97. The Kier molecular flexibility index (Phi) is 4.98. The van der Waals surface area contributed by atoms with Crippen molar-refractivity contribution in [3.63, 3.8) is 0 Å². The third kappa shape index (κ3) is 4.76. The number of carbonyl (C=O) groups is 1. The van der Waals surface area contributed by atoms with Crippen LogP contribution in [-0.2, 0) is 16.4 Å². The fraction of sp³-hybridized carbons (Fsp3) is 0.294. The molecule has 1 amide bonds. The van der Waals surface area contributed by atoms with Gasteiger partial charge in [0.1, 0.15) is 5.82 Å². The van der Waals surface area contributed by atoms with Gasteiger partial charge in [0.05, 0.1) is 22.8 Å². The van der Waals surface area contributed by atoms with E-state index in [4.69, 9.17) is 0 Å². The Bertz CT molecular complexity index is 869. The molecule has 0 radical (unpaired) electrons. The van der Waals surface area contributed by atoms with Crippen LogP contribution < -0.4 is 10.6 Å². The SMILES string of the molecule is O=C(NCc1ccc(F)cc1)c1cncc(NC2CCS(=O)(=O)C2)c1. The van der Waals surface area contributed by atoms with Crippen LogP contribution in [0.2, 0.25) is 0 Å². The molecule has 2 N–H and O–H groups in total. The van der Waals surface area contributed by atoms with Crippen molar-refractivity contribution in [1.29, 1.82) is 0 Å². The number of aromatic nitrogens is 1. The molecule has 1 aliphatic rings. The van der Waals surface area contributed by atoms with E-state index < -0.39 is 9.84 Å². The van der Waals surface area contributed by atoms with Crippen molar-refractivity contribution in [3.05, 3.63) is 59.7 Å². The van der Waals surface area contributed by atoms with E-state index in [1.54, 1.807) is 24.4 Å². The van der Waals surface area contributed by atoms with Gasteiger partial charge in [-0.1, -0.05) is 12.1 Å². The van der Waals surface area contributed by atoms with Crippen molar-refractivity contribution in [2.75, 3.05) is 16.8 Å². The van der Waals surface area contributed by atoms with E-state index in [0.717, 1.165) is 5.56 Å². The zero-order valence-corrected chi connectivity index (χ0v) is 14.2. The summed E-state index contributed by atoms with van der Waals surface area (Å²) in [5, 5.41) is 5.85. The number of halogens is 1. The standard InChI is InChI=1S/C17H18FN3O3S/c18-14-3-1-12(2-4-14)8-20-17(22)13-7-16(10-19-9-13)21-15-5-6-25(23,24)11-15/h1-4,7,9-10,15,21H,5-6,8,11H2,(H,20,22). The number of benzene rings is 1. The Labute approximate surface area is 145 Å². The van der Waals surface area contributed by atoms with E-state index in [0.29, 0.717) is 17.7 Å². The van der Waals surface area contributed by atoms with Crippen molar-refractivity contribution in [2.45, 2.75) is 19.0 Å². The number of nitrogens with zero attached hydrogens (tertiary/aromatic N) is 1. The molecule has 1 aromatic carbocycles. The highest BCUT2D eigenvalue weighted by molar-refractivity contribution is 7.91. The van der Waals surface area contributed by atoms with E-state index in [1.165, 1.54) is 18.3 Å². The van der Waals surface area contributed by atoms with Crippen LogP contribution in [0.4, 0.5) is 10.1 Å². The molecule has 2 heterocycles. The van der Waals surface area contributed by atoms with E-state index in [-0.39, 0.29) is 35.8 Å². The number of sulfone groups is 1. The second kappa shape index (κ2) is 7.18. The lowest BCUT2D eigenvalue weighted by atomic mass is 10.2. The van der Waals surface area contributed by atoms with Crippen LogP contribution in [0.25, 0.3) is 0 Å². The topological polar surface area (TPSA) is 88.2 Å². The second-order valence-electron chi connectivity index (χ2n) is 6.02. The number of hydrogen-bond acceptors (Lipinski definition) is 5. The maximum Gasteiger partial charge on any atom is 0.253 e. The molecule has 0 aliphatic carbocycles. The molecule has 2 aromatic rings. The highest BCUT2D eigenvalue weighted by atomic mass is 32.2. The summed E-state index contributed by atoms with van der Waals surface area (Å²) in [5.41, 5.74) is 1.76. The third-order valence-corrected chi connectivity index (χ3v) is 5.74. The smallest absolute Gasteiger partial charge is 0.253 e. The first kappa shape index (κ1) is 17.3. The molecule has 1 saturated heterocycles. The molecule has 1 aliphatic heterocycles. The molecule has 3 rings (SSSR count). The summed E-state index contributed by atoms with van der Waals surface area (Å²) >= 11 is 0. The summed E-state index contributed by atoms with van der Waals surface area (Å²) in [6.07, 6.45) is 3.54. The Balaban J connectivity index is 1.60. The lowest BCUT2D eigenvalue weighted by Gasteiger charge is -2.13. The molecule has 25 heavy (non-hydrogen) atoms. The van der Waals surface area contributed by atoms with E-state index in [1.807, 2.05) is 0 Å². The molecule has 0 spiro atoms. The van der Waals surface area contributed by atoms with Gasteiger partial charge in [0.2, 0.25) is 0 Å². The van der Waals surface area contributed by atoms with Crippen LogP contribution in [-0.4, -0.2) is 36.9 Å². The van der Waals surface area contributed by atoms with Crippen LogP contribution in [0.5, 0.6) is 0 Å². The van der Waals surface area contributed by atoms with Gasteiger partial charge in [0, 0.05) is 25.0 Å². The molecule has 132 valence electrons. The van der Waals surface area contributed by atoms with Gasteiger partial charge < -0.3 is 10.6 Å². The first-order valence-corrected chi connectivity index (χ1v) is 9.68. The quantitative estimate of drug-likeness (QED) is 0.845. The van der Waals surface area contributed by atoms with Crippen LogP contribution in [0, 0.1) is 5.82 Å². The average Bonchev–Trinajstić information content (AvgIpc) is 2.93. The first-order chi connectivity index (χ1) is 11.9. The van der Waals surface area contributed by atoms with Crippen molar-refractivity contribution < 1.29 is 17.6 Å². The van der Waals surface area contributed by atoms with Gasteiger partial charge in [-0.25, -0.2) is 12.8 Å². The number of carbonyl (C=O) groups excluding carboxylic acids is 1. The Morgan fingerprint density at radius 3 is 2.68 bits per heavy atom. The minimum Gasteiger partial charge on any atom is -0.380 e. The minimum atomic E-state index is -2.97. The Hall–Kier alpha value is -2.48. The monoisotopic (exact) mass is 363 g/mol. The average molecular weight is 363 g/mol. The van der Waals surface area contributed by atoms with Crippen LogP contribution in [0.3, 0.4) is 0 Å².